The van der Waals surface area contributed by atoms with Gasteiger partial charge in [-0.2, -0.15) is 0 Å². The lowest BCUT2D eigenvalue weighted by Gasteiger charge is -2.15. The van der Waals surface area contributed by atoms with Crippen molar-refractivity contribution in [3.05, 3.63) is 17.5 Å². The highest BCUT2D eigenvalue weighted by atomic mass is 32.2. The van der Waals surface area contributed by atoms with Crippen molar-refractivity contribution < 1.29 is 14.3 Å². The number of ether oxygens (including phenoxy) is 2. The monoisotopic (exact) mass is 394 g/mol. The van der Waals surface area contributed by atoms with Gasteiger partial charge in [0.1, 0.15) is 6.10 Å². The molecule has 0 aromatic carbocycles. The fourth-order valence-electron chi connectivity index (χ4n) is 3.23. The first-order chi connectivity index (χ1) is 12.7. The maximum atomic E-state index is 11.7. The third-order valence-corrected chi connectivity index (χ3v) is 6.56. The molecule has 2 aliphatic heterocycles. The molecule has 2 aromatic rings. The second-order valence-electron chi connectivity index (χ2n) is 6.38. The SMILES string of the molecule is CCN1CC(CSc2nnc(-c3cccs3)n2CC2CCCO2)OC1=O. The van der Waals surface area contributed by atoms with E-state index in [1.807, 2.05) is 18.4 Å². The molecule has 9 heteroatoms. The first-order valence-electron chi connectivity index (χ1n) is 8.91. The van der Waals surface area contributed by atoms with Crippen molar-refractivity contribution in [2.45, 2.75) is 43.7 Å². The average molecular weight is 395 g/mol. The van der Waals surface area contributed by atoms with Crippen LogP contribution in [0.4, 0.5) is 4.79 Å². The van der Waals surface area contributed by atoms with Crippen molar-refractivity contribution >= 4 is 29.2 Å². The average Bonchev–Trinajstić information content (AvgIpc) is 3.42. The zero-order valence-electron chi connectivity index (χ0n) is 14.7. The molecule has 4 heterocycles. The van der Waals surface area contributed by atoms with Crippen LogP contribution in [0.15, 0.2) is 22.7 Å². The third-order valence-electron chi connectivity index (χ3n) is 4.60. The molecule has 2 unspecified atom stereocenters. The molecule has 26 heavy (non-hydrogen) atoms. The van der Waals surface area contributed by atoms with Gasteiger partial charge < -0.3 is 14.4 Å². The smallest absolute Gasteiger partial charge is 0.410 e. The van der Waals surface area contributed by atoms with Gasteiger partial charge >= 0.3 is 6.09 Å². The molecule has 0 radical (unpaired) electrons. The van der Waals surface area contributed by atoms with Crippen molar-refractivity contribution in [3.63, 3.8) is 0 Å². The highest BCUT2D eigenvalue weighted by Gasteiger charge is 2.31. The van der Waals surface area contributed by atoms with E-state index in [2.05, 4.69) is 20.8 Å². The number of thioether (sulfide) groups is 1. The molecule has 2 aromatic heterocycles. The normalized spacial score (nSPS) is 23.0. The molecule has 2 aliphatic rings. The van der Waals surface area contributed by atoms with Crippen LogP contribution in [-0.2, 0) is 16.0 Å². The van der Waals surface area contributed by atoms with Gasteiger partial charge in [-0.3, -0.25) is 4.57 Å². The van der Waals surface area contributed by atoms with E-state index in [9.17, 15) is 4.79 Å². The molecule has 4 rings (SSSR count). The second kappa shape index (κ2) is 7.98. The number of carbonyl (C=O) groups is 1. The minimum absolute atomic E-state index is 0.106. The minimum atomic E-state index is -0.224. The fourth-order valence-corrected chi connectivity index (χ4v) is 4.87. The molecule has 2 fully saturated rings. The van der Waals surface area contributed by atoms with Gasteiger partial charge in [-0.05, 0) is 31.2 Å². The van der Waals surface area contributed by atoms with Gasteiger partial charge in [0.2, 0.25) is 0 Å². The minimum Gasteiger partial charge on any atom is -0.443 e. The number of likely N-dealkylation sites (N-methyl/N-ethyl adjacent to an activating group) is 1. The Morgan fingerprint density at radius 1 is 1.38 bits per heavy atom. The number of carbonyl (C=O) groups excluding carboxylic acids is 1. The first kappa shape index (κ1) is 17.8. The zero-order chi connectivity index (χ0) is 17.9. The Labute approximate surface area is 160 Å². The molecule has 2 saturated heterocycles. The summed E-state index contributed by atoms with van der Waals surface area (Å²) in [6.07, 6.45) is 2.06. The van der Waals surface area contributed by atoms with Crippen LogP contribution in [0.2, 0.25) is 0 Å². The van der Waals surface area contributed by atoms with E-state index in [0.717, 1.165) is 41.9 Å². The van der Waals surface area contributed by atoms with E-state index in [1.165, 1.54) is 0 Å². The third kappa shape index (κ3) is 3.74. The molecule has 0 aliphatic carbocycles. The van der Waals surface area contributed by atoms with Gasteiger partial charge in [-0.25, -0.2) is 4.79 Å². The van der Waals surface area contributed by atoms with Crippen molar-refractivity contribution in [2.24, 2.45) is 0 Å². The van der Waals surface area contributed by atoms with E-state index >= 15 is 0 Å². The van der Waals surface area contributed by atoms with Crippen LogP contribution in [0.3, 0.4) is 0 Å². The number of amides is 1. The molecular weight excluding hydrogens is 372 g/mol. The van der Waals surface area contributed by atoms with E-state index in [1.54, 1.807) is 28.0 Å². The highest BCUT2D eigenvalue weighted by molar-refractivity contribution is 7.99. The Balaban J connectivity index is 1.49. The van der Waals surface area contributed by atoms with E-state index in [4.69, 9.17) is 9.47 Å². The van der Waals surface area contributed by atoms with Gasteiger partial charge in [-0.15, -0.1) is 21.5 Å². The Hall–Kier alpha value is -1.58. The first-order valence-corrected chi connectivity index (χ1v) is 10.8. The molecule has 0 saturated carbocycles. The lowest BCUT2D eigenvalue weighted by atomic mass is 10.2. The maximum absolute atomic E-state index is 11.7. The summed E-state index contributed by atoms with van der Waals surface area (Å²) in [6, 6.07) is 4.09. The summed E-state index contributed by atoms with van der Waals surface area (Å²) in [5, 5.41) is 11.7. The van der Waals surface area contributed by atoms with Crippen molar-refractivity contribution in [2.75, 3.05) is 25.4 Å². The summed E-state index contributed by atoms with van der Waals surface area (Å²) in [4.78, 5) is 14.6. The van der Waals surface area contributed by atoms with Gasteiger partial charge in [0.25, 0.3) is 0 Å². The number of hydrogen-bond donors (Lipinski definition) is 0. The number of cyclic esters (lactones) is 1. The summed E-state index contributed by atoms with van der Waals surface area (Å²) in [6.45, 7) is 4.86. The fraction of sp³-hybridized carbons (Fsp3) is 0.588. The van der Waals surface area contributed by atoms with Gasteiger partial charge in [0.05, 0.1) is 24.1 Å². The van der Waals surface area contributed by atoms with Crippen LogP contribution < -0.4 is 0 Å². The quantitative estimate of drug-likeness (QED) is 0.672. The molecule has 0 spiro atoms. The Kier molecular flexibility index (Phi) is 5.46. The van der Waals surface area contributed by atoms with Crippen LogP contribution >= 0.6 is 23.1 Å². The topological polar surface area (TPSA) is 69.5 Å². The Bertz CT molecular complexity index is 743. The summed E-state index contributed by atoms with van der Waals surface area (Å²) >= 11 is 3.25. The number of hydrogen-bond acceptors (Lipinski definition) is 7. The van der Waals surface area contributed by atoms with Crippen molar-refractivity contribution in [1.82, 2.24) is 19.7 Å². The van der Waals surface area contributed by atoms with Crippen LogP contribution in [-0.4, -0.2) is 63.4 Å². The summed E-state index contributed by atoms with van der Waals surface area (Å²) < 4.78 is 13.4. The highest BCUT2D eigenvalue weighted by Crippen LogP contribution is 2.30. The van der Waals surface area contributed by atoms with Crippen LogP contribution in [0.5, 0.6) is 0 Å². The van der Waals surface area contributed by atoms with Crippen molar-refractivity contribution in [3.8, 4) is 10.7 Å². The molecule has 1 amide bonds. The molecule has 7 nitrogen and oxygen atoms in total. The van der Waals surface area contributed by atoms with E-state index < -0.39 is 0 Å². The van der Waals surface area contributed by atoms with E-state index in [-0.39, 0.29) is 18.3 Å². The molecule has 0 bridgehead atoms. The van der Waals surface area contributed by atoms with Gasteiger partial charge in [0.15, 0.2) is 11.0 Å². The summed E-state index contributed by atoms with van der Waals surface area (Å²) in [5.74, 6) is 1.56. The number of rotatable bonds is 7. The molecule has 2 atom stereocenters. The Morgan fingerprint density at radius 2 is 2.31 bits per heavy atom. The molecule has 140 valence electrons. The van der Waals surface area contributed by atoms with Crippen LogP contribution in [0, 0.1) is 0 Å². The van der Waals surface area contributed by atoms with E-state index in [0.29, 0.717) is 18.8 Å². The van der Waals surface area contributed by atoms with Gasteiger partial charge in [-0.1, -0.05) is 17.8 Å². The maximum Gasteiger partial charge on any atom is 0.410 e. The lowest BCUT2D eigenvalue weighted by Crippen LogP contribution is -2.25. The summed E-state index contributed by atoms with van der Waals surface area (Å²) in [7, 11) is 0. The Morgan fingerprint density at radius 3 is 3.00 bits per heavy atom. The number of thiophene rings is 1. The second-order valence-corrected chi connectivity index (χ2v) is 8.32. The van der Waals surface area contributed by atoms with Crippen LogP contribution in [0.25, 0.3) is 10.7 Å². The van der Waals surface area contributed by atoms with Gasteiger partial charge in [0, 0.05) is 18.9 Å². The molecule has 0 N–H and O–H groups in total. The number of aromatic nitrogens is 3. The largest absolute Gasteiger partial charge is 0.443 e. The van der Waals surface area contributed by atoms with Crippen molar-refractivity contribution in [1.29, 1.82) is 0 Å². The number of nitrogens with zero attached hydrogens (tertiary/aromatic N) is 4. The standard InChI is InChI=1S/C17H22N4O3S2/c1-2-20-9-13(24-17(20)22)11-26-16-19-18-15(14-6-4-8-25-14)21(16)10-12-5-3-7-23-12/h4,6,8,12-13H,2-3,5,7,9-11H2,1H3. The van der Waals surface area contributed by atoms with Crippen LogP contribution in [0.1, 0.15) is 19.8 Å². The lowest BCUT2D eigenvalue weighted by molar-refractivity contribution is 0.0953. The molecular formula is C17H22N4O3S2. The zero-order valence-corrected chi connectivity index (χ0v) is 16.3. The predicted octanol–water partition coefficient (Wildman–Crippen LogP) is 3.12. The predicted molar refractivity (Wildman–Crippen MR) is 101 cm³/mol. The summed E-state index contributed by atoms with van der Waals surface area (Å²) in [5.41, 5.74) is 0.